The molecule has 4 N–H and O–H groups in total. The summed E-state index contributed by atoms with van der Waals surface area (Å²) >= 11 is 0. The van der Waals surface area contributed by atoms with Gasteiger partial charge >= 0.3 is 0 Å². The summed E-state index contributed by atoms with van der Waals surface area (Å²) in [6.07, 6.45) is 5.57. The Bertz CT molecular complexity index is 332. The van der Waals surface area contributed by atoms with Crippen molar-refractivity contribution in [3.8, 4) is 0 Å². The van der Waals surface area contributed by atoms with Gasteiger partial charge in [0.05, 0.1) is 13.2 Å². The maximum Gasteiger partial charge on any atom is 0.249 e. The van der Waals surface area contributed by atoms with Crippen LogP contribution in [0.5, 0.6) is 0 Å². The first kappa shape index (κ1) is 20.9. The van der Waals surface area contributed by atoms with E-state index >= 15 is 0 Å². The van der Waals surface area contributed by atoms with Crippen molar-refractivity contribution in [2.75, 3.05) is 19.7 Å². The Balaban J connectivity index is 3.75. The second-order valence-corrected chi connectivity index (χ2v) is 6.38. The third kappa shape index (κ3) is 9.00. The second-order valence-electron chi connectivity index (χ2n) is 6.38. The molecular formula is C16H32N2O4. The molecule has 6 nitrogen and oxygen atoms in total. The average molecular weight is 316 g/mol. The van der Waals surface area contributed by atoms with Crippen LogP contribution in [0.1, 0.15) is 59.3 Å². The minimum absolute atomic E-state index is 0.159. The van der Waals surface area contributed by atoms with Gasteiger partial charge in [-0.05, 0) is 6.42 Å². The number of rotatable bonds is 12. The van der Waals surface area contributed by atoms with Gasteiger partial charge in [0.25, 0.3) is 0 Å². The molecule has 0 unspecified atom stereocenters. The first-order chi connectivity index (χ1) is 10.3. The van der Waals surface area contributed by atoms with Crippen molar-refractivity contribution in [3.05, 3.63) is 0 Å². The Morgan fingerprint density at radius 3 is 2.23 bits per heavy atom. The Morgan fingerprint density at radius 1 is 1.05 bits per heavy atom. The quantitative estimate of drug-likeness (QED) is 0.403. The van der Waals surface area contributed by atoms with Gasteiger partial charge in [-0.2, -0.15) is 0 Å². The molecule has 130 valence electrons. The number of aliphatic hydroxyl groups is 2. The first-order valence-corrected chi connectivity index (χ1v) is 8.18. The fraction of sp³-hybridized carbons (Fsp3) is 0.875. The van der Waals surface area contributed by atoms with Crippen molar-refractivity contribution in [1.82, 2.24) is 10.6 Å². The molecule has 0 aliphatic carbocycles. The summed E-state index contributed by atoms with van der Waals surface area (Å²) in [5.74, 6) is -0.912. The molecule has 0 fully saturated rings. The molecule has 0 rings (SSSR count). The third-order valence-electron chi connectivity index (χ3n) is 3.67. The monoisotopic (exact) mass is 316 g/mol. The molecule has 0 saturated heterocycles. The van der Waals surface area contributed by atoms with Gasteiger partial charge in [-0.25, -0.2) is 0 Å². The number of carbonyl (C=O) groups is 2. The number of nitrogens with one attached hydrogen (secondary N) is 2. The molecule has 0 heterocycles. The van der Waals surface area contributed by atoms with Crippen molar-refractivity contribution >= 4 is 11.8 Å². The average Bonchev–Trinajstić information content (AvgIpc) is 2.50. The van der Waals surface area contributed by atoms with Gasteiger partial charge in [0, 0.05) is 12.0 Å². The van der Waals surface area contributed by atoms with Gasteiger partial charge in [-0.3, -0.25) is 9.59 Å². The number of hydrogen-bond donors (Lipinski definition) is 4. The van der Waals surface area contributed by atoms with Crippen LogP contribution in [0, 0.1) is 5.41 Å². The van der Waals surface area contributed by atoms with Crippen molar-refractivity contribution in [3.63, 3.8) is 0 Å². The summed E-state index contributed by atoms with van der Waals surface area (Å²) in [7, 11) is 0. The van der Waals surface area contributed by atoms with Crippen LogP contribution in [0.3, 0.4) is 0 Å². The zero-order valence-electron chi connectivity index (χ0n) is 14.2. The van der Waals surface area contributed by atoms with Crippen LogP contribution in [-0.2, 0) is 9.59 Å². The highest BCUT2D eigenvalue weighted by Crippen LogP contribution is 2.19. The molecule has 22 heavy (non-hydrogen) atoms. The second kappa shape index (κ2) is 11.4. The lowest BCUT2D eigenvalue weighted by Gasteiger charge is -2.26. The molecule has 0 aromatic carbocycles. The molecule has 0 saturated carbocycles. The lowest BCUT2D eigenvalue weighted by molar-refractivity contribution is -0.138. The Hall–Kier alpha value is -1.14. The van der Waals surface area contributed by atoms with E-state index in [-0.39, 0.29) is 19.1 Å². The van der Waals surface area contributed by atoms with Crippen molar-refractivity contribution in [2.45, 2.75) is 65.4 Å². The molecule has 0 aromatic rings. The number of aliphatic hydroxyl groups excluding tert-OH is 2. The Morgan fingerprint density at radius 2 is 1.64 bits per heavy atom. The topological polar surface area (TPSA) is 98.7 Å². The molecule has 2 amide bonds. The van der Waals surface area contributed by atoms with Gasteiger partial charge in [0.1, 0.15) is 6.10 Å². The number of amides is 2. The van der Waals surface area contributed by atoms with Crippen LogP contribution >= 0.6 is 0 Å². The van der Waals surface area contributed by atoms with Crippen LogP contribution in [-0.4, -0.2) is 47.8 Å². The molecule has 0 bridgehead atoms. The fourth-order valence-corrected chi connectivity index (χ4v) is 1.90. The zero-order valence-corrected chi connectivity index (χ0v) is 14.2. The number of carbonyl (C=O) groups excluding carboxylic acids is 2. The minimum Gasteiger partial charge on any atom is -0.396 e. The highest BCUT2D eigenvalue weighted by Gasteiger charge is 2.32. The normalized spacial score (nSPS) is 12.8. The Labute approximate surface area is 133 Å². The fourth-order valence-electron chi connectivity index (χ4n) is 1.90. The molecule has 0 aromatic heterocycles. The van der Waals surface area contributed by atoms with E-state index in [4.69, 9.17) is 5.11 Å². The maximum absolute atomic E-state index is 11.7. The standard InChI is InChI=1S/C16H32N2O4/c1-4-5-6-7-8-9-10-17-13(20)11-18-15(22)14(21)16(2,3)12-19/h14,19,21H,4-12H2,1-3H3,(H,17,20)(H,18,22)/t14-/m0/s1. The third-order valence-corrected chi connectivity index (χ3v) is 3.67. The molecule has 0 spiro atoms. The van der Waals surface area contributed by atoms with Crippen molar-refractivity contribution < 1.29 is 19.8 Å². The largest absolute Gasteiger partial charge is 0.396 e. The van der Waals surface area contributed by atoms with Gasteiger partial charge in [0.2, 0.25) is 11.8 Å². The van der Waals surface area contributed by atoms with E-state index in [0.717, 1.165) is 12.8 Å². The minimum atomic E-state index is -1.34. The van der Waals surface area contributed by atoms with Gasteiger partial charge in [-0.15, -0.1) is 0 Å². The highest BCUT2D eigenvalue weighted by atomic mass is 16.3. The van der Waals surface area contributed by atoms with Gasteiger partial charge in [0.15, 0.2) is 0 Å². The van der Waals surface area contributed by atoms with E-state index in [2.05, 4.69) is 17.6 Å². The van der Waals surface area contributed by atoms with E-state index in [0.29, 0.717) is 6.54 Å². The maximum atomic E-state index is 11.7. The number of unbranched alkanes of at least 4 members (excludes halogenated alkanes) is 5. The summed E-state index contributed by atoms with van der Waals surface area (Å²) in [5.41, 5.74) is -0.931. The summed E-state index contributed by atoms with van der Waals surface area (Å²) in [4.78, 5) is 23.2. The lowest BCUT2D eigenvalue weighted by atomic mass is 9.87. The van der Waals surface area contributed by atoms with Gasteiger partial charge < -0.3 is 20.8 Å². The van der Waals surface area contributed by atoms with Crippen LogP contribution in [0.4, 0.5) is 0 Å². The molecule has 0 aliphatic heterocycles. The van der Waals surface area contributed by atoms with Crippen LogP contribution in [0.25, 0.3) is 0 Å². The van der Waals surface area contributed by atoms with Crippen molar-refractivity contribution in [2.24, 2.45) is 5.41 Å². The van der Waals surface area contributed by atoms with Crippen molar-refractivity contribution in [1.29, 1.82) is 0 Å². The smallest absolute Gasteiger partial charge is 0.249 e. The predicted molar refractivity (Wildman–Crippen MR) is 86.3 cm³/mol. The highest BCUT2D eigenvalue weighted by molar-refractivity contribution is 5.87. The Kier molecular flexibility index (Phi) is 10.8. The molecule has 0 radical (unpaired) electrons. The number of hydrogen-bond acceptors (Lipinski definition) is 4. The van der Waals surface area contributed by atoms with Crippen LogP contribution in [0.2, 0.25) is 0 Å². The lowest BCUT2D eigenvalue weighted by Crippen LogP contribution is -2.48. The SMILES string of the molecule is CCCCCCCCNC(=O)CNC(=O)[C@H](O)C(C)(C)CO. The predicted octanol–water partition coefficient (Wildman–Crippen LogP) is 0.959. The summed E-state index contributed by atoms with van der Waals surface area (Å²) in [6, 6.07) is 0. The molecule has 1 atom stereocenters. The van der Waals surface area contributed by atoms with Gasteiger partial charge in [-0.1, -0.05) is 52.9 Å². The van der Waals surface area contributed by atoms with E-state index in [1.807, 2.05) is 0 Å². The van der Waals surface area contributed by atoms with E-state index in [9.17, 15) is 14.7 Å². The van der Waals surface area contributed by atoms with Crippen LogP contribution in [0.15, 0.2) is 0 Å². The van der Waals surface area contributed by atoms with E-state index < -0.39 is 17.4 Å². The van der Waals surface area contributed by atoms with Crippen LogP contribution < -0.4 is 10.6 Å². The zero-order chi connectivity index (χ0) is 17.0. The first-order valence-electron chi connectivity index (χ1n) is 8.18. The summed E-state index contributed by atoms with van der Waals surface area (Å²) < 4.78 is 0. The molecule has 6 heteroatoms. The van der Waals surface area contributed by atoms with E-state index in [1.54, 1.807) is 13.8 Å². The molecular weight excluding hydrogens is 284 g/mol. The molecule has 0 aliphatic rings. The summed E-state index contributed by atoms with van der Waals surface area (Å²) in [6.45, 7) is 5.46. The summed E-state index contributed by atoms with van der Waals surface area (Å²) in [5, 5.41) is 24.0. The van der Waals surface area contributed by atoms with E-state index in [1.165, 1.54) is 25.7 Å².